The van der Waals surface area contributed by atoms with Gasteiger partial charge in [0, 0.05) is 12.3 Å². The van der Waals surface area contributed by atoms with Crippen LogP contribution >= 0.6 is 0 Å². The van der Waals surface area contributed by atoms with E-state index in [2.05, 4.69) is 107 Å². The average Bonchev–Trinajstić information content (AvgIpc) is 3.33. The molecule has 0 aromatic heterocycles. The first kappa shape index (κ1) is 29.2. The minimum absolute atomic E-state index is 0.0505. The van der Waals surface area contributed by atoms with Crippen LogP contribution in [0.1, 0.15) is 46.6 Å². The van der Waals surface area contributed by atoms with Crippen LogP contribution in [0.15, 0.2) is 91.0 Å². The van der Waals surface area contributed by atoms with Crippen LogP contribution in [-0.2, 0) is 25.2 Å². The maximum atomic E-state index is 10.5. The molecule has 5 rings (SSSR count). The molecule has 2 fully saturated rings. The molecule has 0 radical (unpaired) electrons. The van der Waals surface area contributed by atoms with Gasteiger partial charge in [0.25, 0.3) is 8.32 Å². The molecule has 3 aromatic carbocycles. The van der Waals surface area contributed by atoms with Gasteiger partial charge in [-0.2, -0.15) is 0 Å². The second kappa shape index (κ2) is 11.9. The van der Waals surface area contributed by atoms with Crippen molar-refractivity contribution in [1.29, 1.82) is 0 Å². The minimum atomic E-state index is -2.78. The summed E-state index contributed by atoms with van der Waals surface area (Å²) in [5.74, 6) is -0.657. The summed E-state index contributed by atoms with van der Waals surface area (Å²) in [5.41, 5.74) is 1.13. The molecule has 1 spiro atoms. The quantitative estimate of drug-likeness (QED) is 0.379. The molecule has 1 N–H and O–H groups in total. The Labute approximate surface area is 240 Å². The molecular weight excluding hydrogens is 516 g/mol. The van der Waals surface area contributed by atoms with Gasteiger partial charge in [-0.3, -0.25) is 0 Å². The lowest BCUT2D eigenvalue weighted by Gasteiger charge is -2.51. The Morgan fingerprint density at radius 3 is 1.93 bits per heavy atom. The Kier molecular flexibility index (Phi) is 8.67. The Morgan fingerprint density at radius 2 is 1.43 bits per heavy atom. The first-order valence-electron chi connectivity index (χ1n) is 14.6. The molecule has 6 atom stereocenters. The van der Waals surface area contributed by atoms with Crippen molar-refractivity contribution in [3.63, 3.8) is 0 Å². The predicted octanol–water partition coefficient (Wildman–Crippen LogP) is 5.30. The summed E-state index contributed by atoms with van der Waals surface area (Å²) in [6.07, 6.45) is -0.628. The topological polar surface area (TPSA) is 57.2 Å². The smallest absolute Gasteiger partial charge is 0.261 e. The number of hydrogen-bond donors (Lipinski definition) is 1. The lowest BCUT2D eigenvalue weighted by molar-refractivity contribution is -0.328. The van der Waals surface area contributed by atoms with Gasteiger partial charge >= 0.3 is 0 Å². The molecule has 2 aliphatic heterocycles. The zero-order valence-electron chi connectivity index (χ0n) is 24.5. The van der Waals surface area contributed by atoms with Crippen molar-refractivity contribution >= 4 is 18.7 Å². The van der Waals surface area contributed by atoms with Crippen molar-refractivity contribution in [3.8, 4) is 0 Å². The third kappa shape index (κ3) is 5.58. The highest BCUT2D eigenvalue weighted by atomic mass is 28.4. The van der Waals surface area contributed by atoms with Gasteiger partial charge in [0.1, 0.15) is 6.10 Å². The molecule has 0 saturated carbocycles. The molecule has 2 heterocycles. The normalized spacial score (nSPS) is 29.1. The molecular formula is C34H44O5Si. The maximum absolute atomic E-state index is 10.5. The lowest BCUT2D eigenvalue weighted by Crippen LogP contribution is -2.68. The van der Waals surface area contributed by atoms with Crippen molar-refractivity contribution in [2.75, 3.05) is 13.2 Å². The van der Waals surface area contributed by atoms with Gasteiger partial charge in [0.05, 0.1) is 32.0 Å². The highest BCUT2D eigenvalue weighted by molar-refractivity contribution is 6.99. The fourth-order valence-corrected chi connectivity index (χ4v) is 11.2. The summed E-state index contributed by atoms with van der Waals surface area (Å²) < 4.78 is 27.0. The van der Waals surface area contributed by atoms with Gasteiger partial charge < -0.3 is 23.7 Å². The van der Waals surface area contributed by atoms with Crippen molar-refractivity contribution < 1.29 is 23.7 Å². The van der Waals surface area contributed by atoms with Crippen LogP contribution in [0.2, 0.25) is 5.04 Å². The molecule has 0 bridgehead atoms. The SMILES string of the molecule is C[C@@H]1[C@@H](OCc2ccccc2)[C@@H](CO[Si](c2ccccc2)(c2ccccc2)C(C)(C)C)O[C@]2(C[C@@H](O)CO2)[C@H]1C. The maximum Gasteiger partial charge on any atom is 0.261 e. The van der Waals surface area contributed by atoms with Crippen molar-refractivity contribution in [2.45, 2.75) is 76.8 Å². The fourth-order valence-electron chi connectivity index (χ4n) is 6.66. The van der Waals surface area contributed by atoms with E-state index in [1.54, 1.807) is 0 Å². The van der Waals surface area contributed by atoms with Crippen LogP contribution in [0.3, 0.4) is 0 Å². The molecule has 214 valence electrons. The highest BCUT2D eigenvalue weighted by Crippen LogP contribution is 2.46. The highest BCUT2D eigenvalue weighted by Gasteiger charge is 2.57. The number of hydrogen-bond acceptors (Lipinski definition) is 5. The van der Waals surface area contributed by atoms with Crippen LogP contribution in [-0.4, -0.2) is 50.7 Å². The molecule has 40 heavy (non-hydrogen) atoms. The van der Waals surface area contributed by atoms with Gasteiger partial charge in [-0.15, -0.1) is 0 Å². The number of aliphatic hydroxyl groups excluding tert-OH is 1. The van der Waals surface area contributed by atoms with Gasteiger partial charge in [-0.05, 0) is 26.9 Å². The van der Waals surface area contributed by atoms with E-state index in [1.165, 1.54) is 10.4 Å². The minimum Gasteiger partial charge on any atom is -0.405 e. The van der Waals surface area contributed by atoms with E-state index in [0.717, 1.165) is 5.56 Å². The Morgan fingerprint density at radius 1 is 0.875 bits per heavy atom. The molecule has 3 aromatic rings. The van der Waals surface area contributed by atoms with Crippen LogP contribution in [0.4, 0.5) is 0 Å². The molecule has 2 saturated heterocycles. The summed E-state index contributed by atoms with van der Waals surface area (Å²) in [7, 11) is -2.78. The summed E-state index contributed by atoms with van der Waals surface area (Å²) in [6, 6.07) is 31.6. The Balaban J connectivity index is 1.51. The average molecular weight is 561 g/mol. The number of benzene rings is 3. The standard InChI is InChI=1S/C34H44O5Si/c1-25-26(2)34(21-28(35)23-37-34)39-31(32(25)36-22-27-15-9-6-10-16-27)24-38-40(33(3,4)5,29-17-11-7-12-18-29)30-19-13-8-14-20-30/h6-20,25-26,28,31-32,35H,21-24H2,1-5H3/t25-,26-,28+,31+,32+,34+/m0/s1. The Bertz CT molecular complexity index is 1180. The Hall–Kier alpha value is -2.32. The van der Waals surface area contributed by atoms with E-state index in [1.807, 2.05) is 18.2 Å². The van der Waals surface area contributed by atoms with Gasteiger partial charge in [0.2, 0.25) is 0 Å². The molecule has 0 unspecified atom stereocenters. The lowest BCUT2D eigenvalue weighted by atomic mass is 9.78. The van der Waals surface area contributed by atoms with Crippen LogP contribution in [0.25, 0.3) is 0 Å². The molecule has 0 amide bonds. The van der Waals surface area contributed by atoms with Crippen LogP contribution in [0, 0.1) is 11.8 Å². The monoisotopic (exact) mass is 560 g/mol. The predicted molar refractivity (Wildman–Crippen MR) is 161 cm³/mol. The van der Waals surface area contributed by atoms with E-state index in [0.29, 0.717) is 19.6 Å². The first-order chi connectivity index (χ1) is 19.2. The van der Waals surface area contributed by atoms with Gasteiger partial charge in [0.15, 0.2) is 5.79 Å². The largest absolute Gasteiger partial charge is 0.405 e. The molecule has 2 aliphatic rings. The van der Waals surface area contributed by atoms with E-state index in [4.69, 9.17) is 18.6 Å². The third-order valence-electron chi connectivity index (χ3n) is 8.92. The van der Waals surface area contributed by atoms with Gasteiger partial charge in [-0.25, -0.2) is 0 Å². The molecule has 5 nitrogen and oxygen atoms in total. The second-order valence-electron chi connectivity index (χ2n) is 12.5. The number of aliphatic hydroxyl groups is 1. The van der Waals surface area contributed by atoms with E-state index in [-0.39, 0.29) is 35.7 Å². The van der Waals surface area contributed by atoms with E-state index < -0.39 is 20.2 Å². The van der Waals surface area contributed by atoms with E-state index in [9.17, 15) is 5.11 Å². The fraction of sp³-hybridized carbons (Fsp3) is 0.471. The van der Waals surface area contributed by atoms with Crippen molar-refractivity contribution in [3.05, 3.63) is 96.6 Å². The van der Waals surface area contributed by atoms with Crippen LogP contribution < -0.4 is 10.4 Å². The summed E-state index contributed by atoms with van der Waals surface area (Å²) in [4.78, 5) is 0. The third-order valence-corrected chi connectivity index (χ3v) is 13.9. The molecule has 6 heteroatoms. The van der Waals surface area contributed by atoms with Crippen molar-refractivity contribution in [1.82, 2.24) is 0 Å². The number of rotatable bonds is 8. The summed E-state index contributed by atoms with van der Waals surface area (Å²) >= 11 is 0. The van der Waals surface area contributed by atoms with Gasteiger partial charge in [-0.1, -0.05) is 126 Å². The summed E-state index contributed by atoms with van der Waals surface area (Å²) in [6.45, 7) is 12.4. The second-order valence-corrected chi connectivity index (χ2v) is 16.8. The zero-order chi connectivity index (χ0) is 28.4. The zero-order valence-corrected chi connectivity index (χ0v) is 25.5. The first-order valence-corrected chi connectivity index (χ1v) is 16.5. The van der Waals surface area contributed by atoms with E-state index >= 15 is 0 Å². The van der Waals surface area contributed by atoms with Crippen LogP contribution in [0.5, 0.6) is 0 Å². The van der Waals surface area contributed by atoms with Crippen molar-refractivity contribution in [2.24, 2.45) is 11.8 Å². The molecule has 0 aliphatic carbocycles. The summed E-state index contributed by atoms with van der Waals surface area (Å²) in [5, 5.41) is 12.8. The number of ether oxygens (including phenoxy) is 3.